The fraction of sp³-hybridized carbons (Fsp3) is 1.00. The van der Waals surface area contributed by atoms with Gasteiger partial charge in [0.15, 0.2) is 0 Å². The lowest BCUT2D eigenvalue weighted by Gasteiger charge is -2.38. The van der Waals surface area contributed by atoms with Crippen molar-refractivity contribution in [2.75, 3.05) is 6.61 Å². The normalized spacial score (nSPS) is 49.2. The summed E-state index contributed by atoms with van der Waals surface area (Å²) in [4.78, 5) is 0. The Labute approximate surface area is 70.4 Å². The highest BCUT2D eigenvalue weighted by Gasteiger charge is 2.40. The summed E-state index contributed by atoms with van der Waals surface area (Å²) < 4.78 is 0. The van der Waals surface area contributed by atoms with E-state index in [2.05, 4.69) is 0 Å². The Kier molecular flexibility index (Phi) is 3.03. The molecule has 3 unspecified atom stereocenters. The second-order valence-electron chi connectivity index (χ2n) is 3.31. The summed E-state index contributed by atoms with van der Waals surface area (Å²) in [5.41, 5.74) is 5.46. The van der Waals surface area contributed by atoms with E-state index in [-0.39, 0.29) is 6.61 Å². The second-order valence-corrected chi connectivity index (χ2v) is 3.31. The van der Waals surface area contributed by atoms with Crippen molar-refractivity contribution in [3.8, 4) is 0 Å². The summed E-state index contributed by atoms with van der Waals surface area (Å²) in [7, 11) is 0. The molecule has 0 heterocycles. The Bertz CT molecular complexity index is 150. The summed E-state index contributed by atoms with van der Waals surface area (Å²) in [6.07, 6.45) is -3.09. The molecule has 5 nitrogen and oxygen atoms in total. The van der Waals surface area contributed by atoms with Crippen molar-refractivity contribution in [1.82, 2.24) is 0 Å². The van der Waals surface area contributed by atoms with E-state index >= 15 is 0 Å². The van der Waals surface area contributed by atoms with Crippen LogP contribution in [0.4, 0.5) is 0 Å². The van der Waals surface area contributed by atoms with Crippen LogP contribution in [-0.4, -0.2) is 51.4 Å². The summed E-state index contributed by atoms with van der Waals surface area (Å²) in [5.74, 6) is -0.432. The third-order valence-corrected chi connectivity index (χ3v) is 2.43. The standard InChI is InChI=1S/C7H15NO4/c8-4-1-3(2-9)5(10)7(12)6(4)11/h3-7,9-12H,1-2,8H2/t3?,4?,5?,6-,7+/m1/s1. The minimum absolute atomic E-state index is 0.224. The SMILES string of the molecule is NC1CC(CO)C(O)[C@H](O)[C@@H]1O. The highest BCUT2D eigenvalue weighted by molar-refractivity contribution is 4.94. The third kappa shape index (κ3) is 1.60. The van der Waals surface area contributed by atoms with Gasteiger partial charge >= 0.3 is 0 Å². The molecule has 0 bridgehead atoms. The Hall–Kier alpha value is -0.200. The zero-order valence-electron chi connectivity index (χ0n) is 6.67. The van der Waals surface area contributed by atoms with Gasteiger partial charge < -0.3 is 26.2 Å². The average molecular weight is 177 g/mol. The van der Waals surface area contributed by atoms with E-state index in [9.17, 15) is 15.3 Å². The molecular weight excluding hydrogens is 162 g/mol. The van der Waals surface area contributed by atoms with Crippen LogP contribution in [0, 0.1) is 5.92 Å². The van der Waals surface area contributed by atoms with E-state index in [1.807, 2.05) is 0 Å². The van der Waals surface area contributed by atoms with Gasteiger partial charge in [-0.2, -0.15) is 0 Å². The molecule has 5 heteroatoms. The molecule has 12 heavy (non-hydrogen) atoms. The molecule has 1 saturated carbocycles. The van der Waals surface area contributed by atoms with Gasteiger partial charge in [0.25, 0.3) is 0 Å². The lowest BCUT2D eigenvalue weighted by molar-refractivity contribution is -0.125. The number of aliphatic hydroxyl groups excluding tert-OH is 4. The van der Waals surface area contributed by atoms with E-state index in [0.29, 0.717) is 6.42 Å². The number of rotatable bonds is 1. The monoisotopic (exact) mass is 177 g/mol. The molecule has 1 aliphatic carbocycles. The van der Waals surface area contributed by atoms with E-state index in [1.165, 1.54) is 0 Å². The number of aliphatic hydroxyl groups is 4. The van der Waals surface area contributed by atoms with Crippen molar-refractivity contribution >= 4 is 0 Å². The number of hydrogen-bond acceptors (Lipinski definition) is 5. The smallest absolute Gasteiger partial charge is 0.108 e. The Balaban J connectivity index is 2.63. The molecule has 0 saturated heterocycles. The van der Waals surface area contributed by atoms with Gasteiger partial charge in [-0.15, -0.1) is 0 Å². The summed E-state index contributed by atoms with van der Waals surface area (Å²) in [6, 6.07) is -0.569. The first-order valence-electron chi connectivity index (χ1n) is 3.98. The van der Waals surface area contributed by atoms with Crippen molar-refractivity contribution in [3.63, 3.8) is 0 Å². The molecule has 1 rings (SSSR count). The van der Waals surface area contributed by atoms with E-state index in [0.717, 1.165) is 0 Å². The van der Waals surface area contributed by atoms with Crippen LogP contribution in [0.15, 0.2) is 0 Å². The Morgan fingerprint density at radius 2 is 1.67 bits per heavy atom. The maximum Gasteiger partial charge on any atom is 0.108 e. The lowest BCUT2D eigenvalue weighted by atomic mass is 9.80. The van der Waals surface area contributed by atoms with E-state index < -0.39 is 30.3 Å². The van der Waals surface area contributed by atoms with Crippen molar-refractivity contribution in [2.24, 2.45) is 11.7 Å². The lowest BCUT2D eigenvalue weighted by Crippen LogP contribution is -2.57. The van der Waals surface area contributed by atoms with Crippen LogP contribution in [0.1, 0.15) is 6.42 Å². The van der Waals surface area contributed by atoms with Gasteiger partial charge in [0.1, 0.15) is 6.10 Å². The van der Waals surface area contributed by atoms with Crippen LogP contribution in [0.2, 0.25) is 0 Å². The zero-order chi connectivity index (χ0) is 9.30. The number of nitrogens with two attached hydrogens (primary N) is 1. The minimum Gasteiger partial charge on any atom is -0.396 e. The molecule has 6 N–H and O–H groups in total. The second kappa shape index (κ2) is 3.68. The summed E-state index contributed by atoms with van der Waals surface area (Å²) >= 11 is 0. The van der Waals surface area contributed by atoms with Crippen LogP contribution in [-0.2, 0) is 0 Å². The zero-order valence-corrected chi connectivity index (χ0v) is 6.67. The van der Waals surface area contributed by atoms with Gasteiger partial charge in [0, 0.05) is 18.6 Å². The van der Waals surface area contributed by atoms with Gasteiger partial charge in [-0.25, -0.2) is 0 Å². The van der Waals surface area contributed by atoms with Crippen molar-refractivity contribution < 1.29 is 20.4 Å². The highest BCUT2D eigenvalue weighted by atomic mass is 16.4. The van der Waals surface area contributed by atoms with Gasteiger partial charge in [-0.1, -0.05) is 0 Å². The molecule has 0 radical (unpaired) electrons. The molecule has 72 valence electrons. The van der Waals surface area contributed by atoms with E-state index in [4.69, 9.17) is 10.8 Å². The fourth-order valence-electron chi connectivity index (χ4n) is 1.55. The van der Waals surface area contributed by atoms with Crippen LogP contribution >= 0.6 is 0 Å². The first-order chi connectivity index (χ1) is 5.57. The molecule has 0 aromatic carbocycles. The van der Waals surface area contributed by atoms with E-state index in [1.54, 1.807) is 0 Å². The van der Waals surface area contributed by atoms with Gasteiger partial charge in [-0.05, 0) is 6.42 Å². The first-order valence-corrected chi connectivity index (χ1v) is 3.98. The van der Waals surface area contributed by atoms with Gasteiger partial charge in [0.2, 0.25) is 0 Å². The van der Waals surface area contributed by atoms with Crippen LogP contribution in [0.25, 0.3) is 0 Å². The minimum atomic E-state index is -1.24. The molecule has 0 spiro atoms. The van der Waals surface area contributed by atoms with Crippen molar-refractivity contribution in [1.29, 1.82) is 0 Å². The molecule has 5 atom stereocenters. The Morgan fingerprint density at radius 1 is 1.08 bits per heavy atom. The van der Waals surface area contributed by atoms with Crippen LogP contribution in [0.5, 0.6) is 0 Å². The summed E-state index contributed by atoms with van der Waals surface area (Å²) in [6.45, 7) is -0.224. The molecule has 0 amide bonds. The quantitative estimate of drug-likeness (QED) is 0.302. The molecule has 1 fully saturated rings. The van der Waals surface area contributed by atoms with Crippen LogP contribution < -0.4 is 5.73 Å². The van der Waals surface area contributed by atoms with Gasteiger partial charge in [0.05, 0.1) is 12.2 Å². The summed E-state index contributed by atoms with van der Waals surface area (Å²) in [5, 5.41) is 36.5. The first kappa shape index (κ1) is 9.88. The third-order valence-electron chi connectivity index (χ3n) is 2.43. The molecule has 0 aromatic rings. The highest BCUT2D eigenvalue weighted by Crippen LogP contribution is 2.24. The van der Waals surface area contributed by atoms with Gasteiger partial charge in [-0.3, -0.25) is 0 Å². The van der Waals surface area contributed by atoms with Crippen molar-refractivity contribution in [3.05, 3.63) is 0 Å². The molecule has 0 aliphatic heterocycles. The topological polar surface area (TPSA) is 107 Å². The maximum atomic E-state index is 9.30. The molecular formula is C7H15NO4. The fourth-order valence-corrected chi connectivity index (χ4v) is 1.55. The largest absolute Gasteiger partial charge is 0.396 e. The molecule has 1 aliphatic rings. The maximum absolute atomic E-state index is 9.30. The number of hydrogen-bond donors (Lipinski definition) is 5. The average Bonchev–Trinajstić information content (AvgIpc) is 2.08. The predicted octanol–water partition coefficient (Wildman–Crippen LogP) is -2.59. The van der Waals surface area contributed by atoms with Crippen LogP contribution in [0.3, 0.4) is 0 Å². The predicted molar refractivity (Wildman–Crippen MR) is 41.2 cm³/mol. The Morgan fingerprint density at radius 3 is 2.17 bits per heavy atom. The van der Waals surface area contributed by atoms with Crippen molar-refractivity contribution in [2.45, 2.75) is 30.8 Å². The molecule has 0 aromatic heterocycles.